The second-order valence-electron chi connectivity index (χ2n) is 7.76. The Balaban J connectivity index is 1.56. The summed E-state index contributed by atoms with van der Waals surface area (Å²) < 4.78 is 47.8. The van der Waals surface area contributed by atoms with E-state index in [2.05, 4.69) is 10.0 Å². The van der Waals surface area contributed by atoms with E-state index in [0.717, 1.165) is 6.07 Å². The number of para-hydroxylation sites is 3. The number of amides is 2. The molecule has 176 valence electrons. The summed E-state index contributed by atoms with van der Waals surface area (Å²) in [5.74, 6) is -1.10. The third-order valence-electron chi connectivity index (χ3n) is 5.31. The van der Waals surface area contributed by atoms with Gasteiger partial charge in [-0.05, 0) is 48.9 Å². The number of hydrogen-bond acceptors (Lipinski definition) is 5. The van der Waals surface area contributed by atoms with Gasteiger partial charge in [-0.15, -0.1) is 0 Å². The lowest BCUT2D eigenvalue weighted by Gasteiger charge is -2.33. The van der Waals surface area contributed by atoms with E-state index < -0.39 is 27.9 Å². The van der Waals surface area contributed by atoms with Crippen LogP contribution in [0, 0.1) is 12.7 Å². The zero-order chi connectivity index (χ0) is 24.5. The number of carbonyl (C=O) groups is 2. The average Bonchev–Trinajstić information content (AvgIpc) is 2.80. The molecule has 0 unspecified atom stereocenters. The third-order valence-corrected chi connectivity index (χ3v) is 6.82. The highest BCUT2D eigenvalue weighted by Crippen LogP contribution is 2.33. The highest BCUT2D eigenvalue weighted by molar-refractivity contribution is 7.92. The number of nitrogens with zero attached hydrogens (tertiary/aromatic N) is 1. The molecule has 1 aliphatic rings. The summed E-state index contributed by atoms with van der Waals surface area (Å²) in [6.07, 6.45) is -1.00. The topological polar surface area (TPSA) is 105 Å². The zero-order valence-corrected chi connectivity index (χ0v) is 19.2. The van der Waals surface area contributed by atoms with E-state index in [9.17, 15) is 22.4 Å². The summed E-state index contributed by atoms with van der Waals surface area (Å²) in [7, 11) is -4.14. The Labute approximate surface area is 196 Å². The van der Waals surface area contributed by atoms with Crippen molar-refractivity contribution in [2.24, 2.45) is 0 Å². The molecule has 2 N–H and O–H groups in total. The number of anilines is 3. The van der Waals surface area contributed by atoms with Crippen molar-refractivity contribution in [1.82, 2.24) is 0 Å². The van der Waals surface area contributed by atoms with E-state index in [1.807, 2.05) is 0 Å². The van der Waals surface area contributed by atoms with Crippen molar-refractivity contribution in [1.29, 1.82) is 0 Å². The van der Waals surface area contributed by atoms with E-state index in [1.54, 1.807) is 37.3 Å². The summed E-state index contributed by atoms with van der Waals surface area (Å²) in [4.78, 5) is 26.4. The maximum absolute atomic E-state index is 14.0. The van der Waals surface area contributed by atoms with Crippen molar-refractivity contribution in [2.75, 3.05) is 21.5 Å². The Morgan fingerprint density at radius 3 is 2.50 bits per heavy atom. The van der Waals surface area contributed by atoms with Gasteiger partial charge in [0.1, 0.15) is 11.6 Å². The highest BCUT2D eigenvalue weighted by Gasteiger charge is 2.32. The Morgan fingerprint density at radius 2 is 1.76 bits per heavy atom. The quantitative estimate of drug-likeness (QED) is 0.576. The molecular weight excluding hydrogens is 461 g/mol. The molecule has 0 fully saturated rings. The van der Waals surface area contributed by atoms with Crippen LogP contribution in [-0.2, 0) is 19.6 Å². The Bertz CT molecular complexity index is 1380. The van der Waals surface area contributed by atoms with Crippen molar-refractivity contribution < 1.29 is 27.1 Å². The summed E-state index contributed by atoms with van der Waals surface area (Å²) in [5, 5.41) is 2.65. The molecule has 0 spiro atoms. The molecule has 1 heterocycles. The number of fused-ring (bicyclic) bond motifs is 1. The molecule has 1 atom stereocenters. The first kappa shape index (κ1) is 23.2. The van der Waals surface area contributed by atoms with Gasteiger partial charge in [0.2, 0.25) is 5.91 Å². The van der Waals surface area contributed by atoms with E-state index >= 15 is 0 Å². The lowest BCUT2D eigenvalue weighted by molar-refractivity contribution is -0.123. The number of carbonyl (C=O) groups excluding carboxylic acids is 2. The molecule has 3 aromatic rings. The van der Waals surface area contributed by atoms with Crippen LogP contribution in [0.25, 0.3) is 0 Å². The van der Waals surface area contributed by atoms with Crippen LogP contribution in [0.15, 0.2) is 71.6 Å². The fourth-order valence-corrected chi connectivity index (χ4v) is 4.94. The van der Waals surface area contributed by atoms with Gasteiger partial charge >= 0.3 is 0 Å². The van der Waals surface area contributed by atoms with Gasteiger partial charge in [-0.3, -0.25) is 14.3 Å². The largest absolute Gasteiger partial charge is 0.476 e. The first-order valence-corrected chi connectivity index (χ1v) is 11.9. The predicted molar refractivity (Wildman–Crippen MR) is 126 cm³/mol. The SMILES string of the molecule is CC(=O)N1C[C@H](C(=O)Nc2ccc(C)c(S(=O)(=O)Nc3ccccc3F)c2)Oc2ccccc21. The number of rotatable bonds is 5. The smallest absolute Gasteiger partial charge is 0.267 e. The monoisotopic (exact) mass is 483 g/mol. The summed E-state index contributed by atoms with van der Waals surface area (Å²) in [5.41, 5.74) is 1.01. The Hall–Kier alpha value is -3.92. The lowest BCUT2D eigenvalue weighted by Crippen LogP contribution is -2.48. The number of halogens is 1. The van der Waals surface area contributed by atoms with Crippen LogP contribution >= 0.6 is 0 Å². The molecule has 0 aromatic heterocycles. The van der Waals surface area contributed by atoms with Gasteiger partial charge in [0.25, 0.3) is 15.9 Å². The van der Waals surface area contributed by atoms with Gasteiger partial charge < -0.3 is 15.0 Å². The molecule has 10 heteroatoms. The number of aryl methyl sites for hydroxylation is 1. The van der Waals surface area contributed by atoms with Crippen LogP contribution in [0.4, 0.5) is 21.5 Å². The first-order chi connectivity index (χ1) is 16.2. The van der Waals surface area contributed by atoms with E-state index in [1.165, 1.54) is 42.2 Å². The van der Waals surface area contributed by atoms with Crippen LogP contribution < -0.4 is 19.7 Å². The predicted octanol–water partition coefficient (Wildman–Crippen LogP) is 3.69. The van der Waals surface area contributed by atoms with Crippen LogP contribution in [0.2, 0.25) is 0 Å². The van der Waals surface area contributed by atoms with Gasteiger partial charge in [0.05, 0.1) is 22.8 Å². The maximum atomic E-state index is 14.0. The molecule has 0 saturated heterocycles. The molecule has 3 aromatic carbocycles. The zero-order valence-electron chi connectivity index (χ0n) is 18.4. The summed E-state index contributed by atoms with van der Waals surface area (Å²) in [6.45, 7) is 2.99. The summed E-state index contributed by atoms with van der Waals surface area (Å²) >= 11 is 0. The summed E-state index contributed by atoms with van der Waals surface area (Å²) in [6, 6.07) is 16.7. The minimum Gasteiger partial charge on any atom is -0.476 e. The molecule has 4 rings (SSSR count). The lowest BCUT2D eigenvalue weighted by atomic mass is 10.1. The molecule has 0 aliphatic carbocycles. The van der Waals surface area contributed by atoms with Crippen molar-refractivity contribution in [3.8, 4) is 5.75 Å². The van der Waals surface area contributed by atoms with E-state index in [-0.39, 0.29) is 28.7 Å². The maximum Gasteiger partial charge on any atom is 0.267 e. The average molecular weight is 484 g/mol. The number of sulfonamides is 1. The molecule has 0 radical (unpaired) electrons. The van der Waals surface area contributed by atoms with Gasteiger partial charge in [-0.2, -0.15) is 0 Å². The standard InChI is InChI=1S/C24H22FN3O5S/c1-15-11-12-17(13-23(15)34(31,32)27-19-8-4-3-7-18(19)25)26-24(30)22-14-28(16(2)29)20-9-5-6-10-21(20)33-22/h3-13,22,27H,14H2,1-2H3,(H,26,30)/t22-/m1/s1. The molecule has 2 amide bonds. The van der Waals surface area contributed by atoms with E-state index in [0.29, 0.717) is 17.0 Å². The number of nitrogens with one attached hydrogen (secondary N) is 2. The minimum atomic E-state index is -4.14. The second kappa shape index (κ2) is 9.14. The van der Waals surface area contributed by atoms with Gasteiger partial charge in [-0.25, -0.2) is 12.8 Å². The van der Waals surface area contributed by atoms with Gasteiger partial charge in [0, 0.05) is 12.6 Å². The molecule has 0 saturated carbocycles. The molecule has 0 bridgehead atoms. The minimum absolute atomic E-state index is 0.00400. The van der Waals surface area contributed by atoms with Gasteiger partial charge in [-0.1, -0.05) is 30.3 Å². The van der Waals surface area contributed by atoms with Crippen molar-refractivity contribution in [3.63, 3.8) is 0 Å². The number of benzene rings is 3. The first-order valence-electron chi connectivity index (χ1n) is 10.4. The molecule has 8 nitrogen and oxygen atoms in total. The van der Waals surface area contributed by atoms with Crippen molar-refractivity contribution in [3.05, 3.63) is 78.1 Å². The fraction of sp³-hybridized carbons (Fsp3) is 0.167. The highest BCUT2D eigenvalue weighted by atomic mass is 32.2. The van der Waals surface area contributed by atoms with Crippen LogP contribution in [0.3, 0.4) is 0 Å². The van der Waals surface area contributed by atoms with Crippen molar-refractivity contribution in [2.45, 2.75) is 24.8 Å². The van der Waals surface area contributed by atoms with Crippen LogP contribution in [0.1, 0.15) is 12.5 Å². The van der Waals surface area contributed by atoms with Crippen LogP contribution in [-0.4, -0.2) is 32.9 Å². The number of ether oxygens (including phenoxy) is 1. The molecule has 1 aliphatic heterocycles. The van der Waals surface area contributed by atoms with E-state index in [4.69, 9.17) is 4.74 Å². The molecule has 34 heavy (non-hydrogen) atoms. The van der Waals surface area contributed by atoms with Gasteiger partial charge in [0.15, 0.2) is 6.10 Å². The molecular formula is C24H22FN3O5S. The second-order valence-corrected chi connectivity index (χ2v) is 9.41. The van der Waals surface area contributed by atoms with Crippen molar-refractivity contribution >= 4 is 38.9 Å². The number of hydrogen-bond donors (Lipinski definition) is 2. The normalized spacial score (nSPS) is 15.1. The van der Waals surface area contributed by atoms with Crippen LogP contribution in [0.5, 0.6) is 5.75 Å². The Morgan fingerprint density at radius 1 is 1.06 bits per heavy atom. The third kappa shape index (κ3) is 4.72. The fourth-order valence-electron chi connectivity index (χ4n) is 3.60. The Kier molecular flexibility index (Phi) is 6.25.